The van der Waals surface area contributed by atoms with Gasteiger partial charge < -0.3 is 18.9 Å². The van der Waals surface area contributed by atoms with Crippen molar-refractivity contribution in [3.63, 3.8) is 0 Å². The van der Waals surface area contributed by atoms with Crippen LogP contribution in [-0.4, -0.2) is 49.9 Å². The summed E-state index contributed by atoms with van der Waals surface area (Å²) in [6.45, 7) is 2.85. The molecular weight excluding hydrogens is 416 g/mol. The zero-order valence-electron chi connectivity index (χ0n) is 18.2. The molecule has 8 heteroatoms. The predicted molar refractivity (Wildman–Crippen MR) is 115 cm³/mol. The van der Waals surface area contributed by atoms with Crippen LogP contribution in [0.4, 0.5) is 0 Å². The number of Topliss-reactive ketones (excluding diaryl/α,β-unsaturated/α-hetero) is 2. The lowest BCUT2D eigenvalue weighted by Gasteiger charge is -2.12. The molecule has 0 aromatic heterocycles. The number of esters is 2. The summed E-state index contributed by atoms with van der Waals surface area (Å²) in [5.41, 5.74) is 0.695. The molecule has 0 radical (unpaired) electrons. The Morgan fingerprint density at radius 3 is 1.22 bits per heavy atom. The van der Waals surface area contributed by atoms with Crippen LogP contribution in [0.2, 0.25) is 0 Å². The van der Waals surface area contributed by atoms with Gasteiger partial charge in [-0.2, -0.15) is 0 Å². The number of rotatable bonds is 10. The number of ether oxygens (including phenoxy) is 4. The monoisotopic (exact) mass is 440 g/mol. The van der Waals surface area contributed by atoms with Crippen molar-refractivity contribution in [3.8, 4) is 11.5 Å². The van der Waals surface area contributed by atoms with Gasteiger partial charge in [0.2, 0.25) is 11.6 Å². The molecule has 32 heavy (non-hydrogen) atoms. The fourth-order valence-corrected chi connectivity index (χ4v) is 2.65. The van der Waals surface area contributed by atoms with Gasteiger partial charge in [0.15, 0.2) is 12.2 Å². The lowest BCUT2D eigenvalue weighted by atomic mass is 10.1. The number of methoxy groups -OCH3 is 2. The summed E-state index contributed by atoms with van der Waals surface area (Å²) in [7, 11) is 3.02. The minimum absolute atomic E-state index is 0.348. The van der Waals surface area contributed by atoms with E-state index in [4.69, 9.17) is 18.9 Å². The Labute approximate surface area is 185 Å². The molecule has 0 N–H and O–H groups in total. The SMILES string of the molecule is COc1ccc(C(=O)C(C)OC(=O)/C=C/C(=O)OC(C)C(=O)c2ccc(OC)cc2)cc1. The summed E-state index contributed by atoms with van der Waals surface area (Å²) >= 11 is 0. The molecule has 0 spiro atoms. The molecule has 0 saturated heterocycles. The molecule has 0 fully saturated rings. The molecule has 2 unspecified atom stereocenters. The second-order valence-corrected chi connectivity index (χ2v) is 6.68. The van der Waals surface area contributed by atoms with Crippen LogP contribution in [-0.2, 0) is 19.1 Å². The number of carbonyl (C=O) groups excluding carboxylic acids is 4. The second-order valence-electron chi connectivity index (χ2n) is 6.68. The summed E-state index contributed by atoms with van der Waals surface area (Å²) < 4.78 is 20.1. The zero-order chi connectivity index (χ0) is 23.7. The number of carbonyl (C=O) groups is 4. The minimum Gasteiger partial charge on any atom is -0.497 e. The van der Waals surface area contributed by atoms with E-state index < -0.39 is 35.7 Å². The third-order valence-corrected chi connectivity index (χ3v) is 4.43. The Balaban J connectivity index is 1.86. The van der Waals surface area contributed by atoms with Gasteiger partial charge in [0.1, 0.15) is 11.5 Å². The van der Waals surface area contributed by atoms with Crippen LogP contribution in [0.1, 0.15) is 34.6 Å². The van der Waals surface area contributed by atoms with E-state index in [0.29, 0.717) is 22.6 Å². The highest BCUT2D eigenvalue weighted by molar-refractivity contribution is 6.02. The fourth-order valence-electron chi connectivity index (χ4n) is 2.65. The summed E-state index contributed by atoms with van der Waals surface area (Å²) in [5, 5.41) is 0. The van der Waals surface area contributed by atoms with E-state index in [1.54, 1.807) is 48.5 Å². The summed E-state index contributed by atoms with van der Waals surface area (Å²) in [5.74, 6) is -1.43. The Kier molecular flexibility index (Phi) is 8.71. The van der Waals surface area contributed by atoms with E-state index in [9.17, 15) is 19.2 Å². The highest BCUT2D eigenvalue weighted by atomic mass is 16.6. The van der Waals surface area contributed by atoms with Crippen molar-refractivity contribution in [2.45, 2.75) is 26.1 Å². The van der Waals surface area contributed by atoms with Crippen molar-refractivity contribution in [3.05, 3.63) is 71.8 Å². The zero-order valence-corrected chi connectivity index (χ0v) is 18.2. The van der Waals surface area contributed by atoms with E-state index in [2.05, 4.69) is 0 Å². The van der Waals surface area contributed by atoms with E-state index in [1.165, 1.54) is 28.1 Å². The molecule has 0 bridgehead atoms. The first-order chi connectivity index (χ1) is 15.2. The molecule has 0 aliphatic carbocycles. The minimum atomic E-state index is -1.06. The number of hydrogen-bond acceptors (Lipinski definition) is 8. The van der Waals surface area contributed by atoms with Crippen LogP contribution in [0, 0.1) is 0 Å². The molecular formula is C24H24O8. The number of hydrogen-bond donors (Lipinski definition) is 0. The first-order valence-electron chi connectivity index (χ1n) is 9.71. The van der Waals surface area contributed by atoms with Crippen molar-refractivity contribution in [1.29, 1.82) is 0 Å². The summed E-state index contributed by atoms with van der Waals surface area (Å²) in [4.78, 5) is 48.5. The largest absolute Gasteiger partial charge is 0.497 e. The van der Waals surface area contributed by atoms with Crippen LogP contribution in [0.25, 0.3) is 0 Å². The Morgan fingerprint density at radius 2 is 0.938 bits per heavy atom. The average Bonchev–Trinajstić information content (AvgIpc) is 2.81. The van der Waals surface area contributed by atoms with Crippen molar-refractivity contribution in [1.82, 2.24) is 0 Å². The second kappa shape index (κ2) is 11.5. The molecule has 2 aromatic carbocycles. The molecule has 2 atom stereocenters. The van der Waals surface area contributed by atoms with Gasteiger partial charge in [0.25, 0.3) is 0 Å². The van der Waals surface area contributed by atoms with Crippen molar-refractivity contribution in [2.24, 2.45) is 0 Å². The maximum absolute atomic E-state index is 12.3. The van der Waals surface area contributed by atoms with Gasteiger partial charge in [-0.25, -0.2) is 9.59 Å². The summed E-state index contributed by atoms with van der Waals surface area (Å²) in [6.07, 6.45) is -0.450. The van der Waals surface area contributed by atoms with Crippen molar-refractivity contribution in [2.75, 3.05) is 14.2 Å². The average molecular weight is 440 g/mol. The van der Waals surface area contributed by atoms with Gasteiger partial charge in [-0.05, 0) is 62.4 Å². The molecule has 0 aliphatic rings. The standard InChI is InChI=1S/C24H24O8/c1-15(23(27)17-5-9-19(29-3)10-6-17)31-21(25)13-14-22(26)32-16(2)24(28)18-7-11-20(30-4)12-8-18/h5-16H,1-4H3/b14-13+. The Morgan fingerprint density at radius 1 is 0.625 bits per heavy atom. The van der Waals surface area contributed by atoms with E-state index in [0.717, 1.165) is 12.2 Å². The van der Waals surface area contributed by atoms with Crippen LogP contribution in [0.15, 0.2) is 60.7 Å². The van der Waals surface area contributed by atoms with Gasteiger partial charge in [-0.1, -0.05) is 0 Å². The van der Waals surface area contributed by atoms with Gasteiger partial charge in [-0.3, -0.25) is 9.59 Å². The number of benzene rings is 2. The van der Waals surface area contributed by atoms with E-state index in [-0.39, 0.29) is 0 Å². The highest BCUT2D eigenvalue weighted by Gasteiger charge is 2.20. The molecule has 0 saturated carbocycles. The summed E-state index contributed by atoms with van der Waals surface area (Å²) in [6, 6.07) is 12.7. The lowest BCUT2D eigenvalue weighted by molar-refractivity contribution is -0.143. The molecule has 8 nitrogen and oxygen atoms in total. The molecule has 0 heterocycles. The first kappa shape index (κ1) is 24.3. The third-order valence-electron chi connectivity index (χ3n) is 4.43. The maximum atomic E-state index is 12.3. The van der Waals surface area contributed by atoms with Crippen LogP contribution >= 0.6 is 0 Å². The normalized spacial score (nSPS) is 12.5. The molecule has 168 valence electrons. The maximum Gasteiger partial charge on any atom is 0.331 e. The van der Waals surface area contributed by atoms with E-state index in [1.807, 2.05) is 0 Å². The van der Waals surface area contributed by atoms with Crippen molar-refractivity contribution >= 4 is 23.5 Å². The molecule has 0 aliphatic heterocycles. The van der Waals surface area contributed by atoms with Crippen molar-refractivity contribution < 1.29 is 38.1 Å². The van der Waals surface area contributed by atoms with Gasteiger partial charge >= 0.3 is 11.9 Å². The Bertz CT molecular complexity index is 908. The Hall–Kier alpha value is -3.94. The lowest BCUT2D eigenvalue weighted by Crippen LogP contribution is -2.24. The quantitative estimate of drug-likeness (QED) is 0.315. The molecule has 0 amide bonds. The first-order valence-corrected chi connectivity index (χ1v) is 9.71. The predicted octanol–water partition coefficient (Wildman–Crippen LogP) is 3.19. The third kappa shape index (κ3) is 6.80. The van der Waals surface area contributed by atoms with E-state index >= 15 is 0 Å². The van der Waals surface area contributed by atoms with Gasteiger partial charge in [0.05, 0.1) is 14.2 Å². The topological polar surface area (TPSA) is 105 Å². The highest BCUT2D eigenvalue weighted by Crippen LogP contribution is 2.15. The van der Waals surface area contributed by atoms with Gasteiger partial charge in [-0.15, -0.1) is 0 Å². The van der Waals surface area contributed by atoms with Crippen LogP contribution < -0.4 is 9.47 Å². The fraction of sp³-hybridized carbons (Fsp3) is 0.250. The molecule has 2 rings (SSSR count). The molecule has 2 aromatic rings. The van der Waals surface area contributed by atoms with Crippen LogP contribution in [0.5, 0.6) is 11.5 Å². The number of ketones is 2. The van der Waals surface area contributed by atoms with Crippen LogP contribution in [0.3, 0.4) is 0 Å². The smallest absolute Gasteiger partial charge is 0.331 e. The van der Waals surface area contributed by atoms with Gasteiger partial charge in [0, 0.05) is 23.3 Å².